The number of H-pyrrole nitrogens is 1. The number of aromatic amines is 1. The van der Waals surface area contributed by atoms with Crippen molar-refractivity contribution in [2.24, 2.45) is 5.92 Å². The molecule has 9 rings (SSSR count). The zero-order chi connectivity index (χ0) is 42.5. The number of nitrogens with zero attached hydrogens (tertiary/aromatic N) is 2. The summed E-state index contributed by atoms with van der Waals surface area (Å²) in [6.45, 7) is 7.34. The Morgan fingerprint density at radius 1 is 0.918 bits per heavy atom. The number of amides is 3. The zero-order valence-electron chi connectivity index (χ0n) is 35.1. The molecule has 1 fully saturated rings. The molecule has 312 valence electrons. The minimum absolute atomic E-state index is 0.0865. The fourth-order valence-electron chi connectivity index (χ4n) is 10.5. The number of fused-ring (bicyclic) bond motifs is 4. The van der Waals surface area contributed by atoms with E-state index in [1.54, 1.807) is 7.11 Å². The predicted molar refractivity (Wildman–Crippen MR) is 240 cm³/mol. The number of carbonyl (C=O) groups is 3. The van der Waals surface area contributed by atoms with Gasteiger partial charge in [-0.2, -0.15) is 0 Å². The largest absolute Gasteiger partial charge is 0.497 e. The molecule has 11 heteroatoms. The van der Waals surface area contributed by atoms with Crippen LogP contribution in [-0.4, -0.2) is 66.6 Å². The van der Waals surface area contributed by atoms with Crippen LogP contribution in [0.2, 0.25) is 18.6 Å². The van der Waals surface area contributed by atoms with Gasteiger partial charge in [0.25, 0.3) is 5.91 Å². The van der Waals surface area contributed by atoms with Gasteiger partial charge >= 0.3 is 0 Å². The molecule has 0 radical (unpaired) electrons. The van der Waals surface area contributed by atoms with Gasteiger partial charge in [-0.15, -0.1) is 0 Å². The van der Waals surface area contributed by atoms with Gasteiger partial charge < -0.3 is 34.7 Å². The molecule has 3 amide bonds. The molecule has 5 aromatic carbocycles. The highest BCUT2D eigenvalue weighted by atomic mass is 28.3. The van der Waals surface area contributed by atoms with E-state index in [-0.39, 0.29) is 54.7 Å². The average Bonchev–Trinajstić information content (AvgIpc) is 3.90. The van der Waals surface area contributed by atoms with E-state index in [0.717, 1.165) is 50.2 Å². The van der Waals surface area contributed by atoms with E-state index in [4.69, 9.17) is 9.47 Å². The number of para-hydroxylation sites is 2. The monoisotopic (exact) mass is 832 g/mol. The Kier molecular flexibility index (Phi) is 10.7. The van der Waals surface area contributed by atoms with Gasteiger partial charge in [-0.3, -0.25) is 14.4 Å². The third-order valence-corrected chi connectivity index (χ3v) is 18.0. The van der Waals surface area contributed by atoms with Gasteiger partial charge in [-0.25, -0.2) is 0 Å². The fourth-order valence-corrected chi connectivity index (χ4v) is 14.5. The standard InChI is InChI=1S/C50H52N4O6Si/c1-32-48(61(3,4)40-23-21-39(59-2)22-24-40)45(27-47(57)53-30-35-12-6-5-11-34(35)25-38(53)31-55)60-50(32)42-14-8-10-16-44(42)54(49(50)58)29-33-17-19-37(20-18-33)52-46(56)26-36-28-51-43-15-9-7-13-41(36)43/h5-24,28,32,38,45,48,51,55H,25-27,29-31H2,1-4H3,(H,52,56)/t32-,38+,45+,48-,50+/m1/s1. The quantitative estimate of drug-likeness (QED) is 0.117. The molecular formula is C50H52N4O6Si. The van der Waals surface area contributed by atoms with Crippen molar-refractivity contribution in [2.45, 2.75) is 75.7 Å². The lowest BCUT2D eigenvalue weighted by molar-refractivity contribution is -0.151. The zero-order valence-corrected chi connectivity index (χ0v) is 36.1. The molecule has 5 atom stereocenters. The average molecular weight is 833 g/mol. The summed E-state index contributed by atoms with van der Waals surface area (Å²) in [5, 5.41) is 15.8. The first-order chi connectivity index (χ1) is 29.5. The van der Waals surface area contributed by atoms with Crippen LogP contribution < -0.4 is 20.1 Å². The number of carbonyl (C=O) groups excluding carboxylic acids is 3. The Bertz CT molecular complexity index is 2610. The number of aliphatic hydroxyl groups excluding tert-OH is 1. The highest BCUT2D eigenvalue weighted by molar-refractivity contribution is 6.91. The van der Waals surface area contributed by atoms with E-state index in [2.05, 4.69) is 48.5 Å². The number of hydrogen-bond acceptors (Lipinski definition) is 6. The summed E-state index contributed by atoms with van der Waals surface area (Å²) >= 11 is 0. The van der Waals surface area contributed by atoms with Crippen LogP contribution in [0.25, 0.3) is 10.9 Å². The number of methoxy groups -OCH3 is 1. The number of hydrogen-bond donors (Lipinski definition) is 3. The van der Waals surface area contributed by atoms with E-state index in [9.17, 15) is 14.7 Å². The van der Waals surface area contributed by atoms with Crippen LogP contribution in [-0.2, 0) is 50.7 Å². The number of nitrogens with one attached hydrogen (secondary N) is 2. The fraction of sp³-hybridized carbons (Fsp3) is 0.300. The van der Waals surface area contributed by atoms with Gasteiger partial charge in [0.05, 0.1) is 59.0 Å². The second kappa shape index (κ2) is 16.1. The van der Waals surface area contributed by atoms with Gasteiger partial charge in [-0.1, -0.05) is 110 Å². The van der Waals surface area contributed by atoms with Crippen molar-refractivity contribution in [1.29, 1.82) is 0 Å². The summed E-state index contributed by atoms with van der Waals surface area (Å²) in [6.07, 6.45) is 2.23. The molecule has 1 saturated heterocycles. The van der Waals surface area contributed by atoms with Crippen LogP contribution >= 0.6 is 0 Å². The van der Waals surface area contributed by atoms with Crippen LogP contribution in [0.5, 0.6) is 5.75 Å². The van der Waals surface area contributed by atoms with Crippen molar-refractivity contribution in [3.8, 4) is 5.75 Å². The molecule has 0 aliphatic carbocycles. The van der Waals surface area contributed by atoms with E-state index >= 15 is 4.79 Å². The summed E-state index contributed by atoms with van der Waals surface area (Å²) in [5.41, 5.74) is 5.89. The summed E-state index contributed by atoms with van der Waals surface area (Å²) in [6, 6.07) is 39.4. The van der Waals surface area contributed by atoms with Crippen LogP contribution in [0.1, 0.15) is 41.2 Å². The van der Waals surface area contributed by atoms with Crippen LogP contribution in [0, 0.1) is 5.92 Å². The van der Waals surface area contributed by atoms with Crippen molar-refractivity contribution in [2.75, 3.05) is 23.9 Å². The van der Waals surface area contributed by atoms with Crippen molar-refractivity contribution < 1.29 is 29.0 Å². The third kappa shape index (κ3) is 7.14. The van der Waals surface area contributed by atoms with E-state index in [1.807, 2.05) is 119 Å². The van der Waals surface area contributed by atoms with Crippen molar-refractivity contribution >= 4 is 53.3 Å². The van der Waals surface area contributed by atoms with Crippen molar-refractivity contribution in [3.63, 3.8) is 0 Å². The number of benzene rings is 5. The first-order valence-corrected chi connectivity index (χ1v) is 24.2. The molecule has 4 heterocycles. The Morgan fingerprint density at radius 2 is 1.62 bits per heavy atom. The highest BCUT2D eigenvalue weighted by Gasteiger charge is 2.66. The van der Waals surface area contributed by atoms with Crippen LogP contribution in [0.3, 0.4) is 0 Å². The minimum Gasteiger partial charge on any atom is -0.497 e. The Morgan fingerprint density at radius 3 is 2.38 bits per heavy atom. The Balaban J connectivity index is 0.998. The summed E-state index contributed by atoms with van der Waals surface area (Å²) in [5.74, 6) is 0.145. The number of rotatable bonds is 11. The maximum absolute atomic E-state index is 15.3. The van der Waals surface area contributed by atoms with Gasteiger partial charge in [-0.05, 0) is 70.6 Å². The summed E-state index contributed by atoms with van der Waals surface area (Å²) < 4.78 is 12.8. The maximum atomic E-state index is 15.3. The molecule has 1 aromatic heterocycles. The van der Waals surface area contributed by atoms with Gasteiger partial charge in [0.2, 0.25) is 11.8 Å². The lowest BCUT2D eigenvalue weighted by Gasteiger charge is -2.39. The molecular weight excluding hydrogens is 781 g/mol. The van der Waals surface area contributed by atoms with Crippen molar-refractivity contribution in [3.05, 3.63) is 155 Å². The molecule has 10 nitrogen and oxygen atoms in total. The molecule has 3 aliphatic heterocycles. The first kappa shape index (κ1) is 40.4. The number of aromatic nitrogens is 1. The maximum Gasteiger partial charge on any atom is 0.264 e. The lowest BCUT2D eigenvalue weighted by atomic mass is 9.82. The van der Waals surface area contributed by atoms with E-state index < -0.39 is 19.8 Å². The van der Waals surface area contributed by atoms with E-state index in [0.29, 0.717) is 25.2 Å². The van der Waals surface area contributed by atoms with Crippen molar-refractivity contribution in [1.82, 2.24) is 9.88 Å². The number of aliphatic hydroxyl groups is 1. The van der Waals surface area contributed by atoms with Gasteiger partial charge in [0.1, 0.15) is 5.75 Å². The molecule has 3 N–H and O–H groups in total. The summed E-state index contributed by atoms with van der Waals surface area (Å²) in [4.78, 5) is 49.9. The Hall–Kier alpha value is -6.01. The van der Waals surface area contributed by atoms with Crippen LogP contribution in [0.4, 0.5) is 11.4 Å². The first-order valence-electron chi connectivity index (χ1n) is 21.2. The lowest BCUT2D eigenvalue weighted by Crippen LogP contribution is -2.52. The molecule has 0 bridgehead atoms. The Labute approximate surface area is 357 Å². The highest BCUT2D eigenvalue weighted by Crippen LogP contribution is 2.60. The van der Waals surface area contributed by atoms with Crippen LogP contribution in [0.15, 0.2) is 128 Å². The predicted octanol–water partition coefficient (Wildman–Crippen LogP) is 7.46. The smallest absolute Gasteiger partial charge is 0.264 e. The van der Waals surface area contributed by atoms with Gasteiger partial charge in [0, 0.05) is 40.8 Å². The second-order valence-electron chi connectivity index (χ2n) is 17.4. The summed E-state index contributed by atoms with van der Waals surface area (Å²) in [7, 11) is -0.854. The second-order valence-corrected chi connectivity index (χ2v) is 22.1. The topological polar surface area (TPSA) is 124 Å². The molecule has 61 heavy (non-hydrogen) atoms. The molecule has 0 saturated carbocycles. The van der Waals surface area contributed by atoms with Gasteiger partial charge in [0.15, 0.2) is 5.60 Å². The molecule has 6 aromatic rings. The normalized spacial score (nSPS) is 22.1. The third-order valence-electron chi connectivity index (χ3n) is 13.6. The van der Waals surface area contributed by atoms with E-state index in [1.165, 1.54) is 5.19 Å². The molecule has 3 aliphatic rings. The SMILES string of the molecule is COc1ccc([Si](C)(C)[C@H]2[C@H](CC(=O)N3Cc4ccccc4C[C@H]3CO)O[C@@]3(C(=O)N(Cc4ccc(NC(=O)Cc5c[nH]c6ccccc56)cc4)c4ccccc43)[C@@H]2C)cc1. The molecule has 0 unspecified atom stereocenters. The number of anilines is 2. The minimum atomic E-state index is -2.51. The number of ether oxygens (including phenoxy) is 2. The molecule has 1 spiro atoms.